The molecule has 2 aliphatic rings. The lowest BCUT2D eigenvalue weighted by Crippen LogP contribution is -2.46. The molecular weight excluding hydrogens is 591 g/mol. The van der Waals surface area contributed by atoms with Crippen LogP contribution in [0.2, 0.25) is 0 Å². The SMILES string of the molecule is CN1CCN(Cc2ccc(F)cc2)CC1c1cn2c(N3CCCC3)cccc2n1.O=C(O)C(F)(F)F.O=C(O)C(F)(F)F. The van der Waals surface area contributed by atoms with Crippen molar-refractivity contribution in [1.29, 1.82) is 0 Å². The lowest BCUT2D eigenvalue weighted by Gasteiger charge is -2.38. The fraction of sp³-hybridized carbons (Fsp3) is 0.444. The molecular formula is C27H30F7N5O4. The van der Waals surface area contributed by atoms with Crippen molar-refractivity contribution in [2.75, 3.05) is 44.7 Å². The number of aromatic nitrogens is 2. The van der Waals surface area contributed by atoms with Gasteiger partial charge in [0.2, 0.25) is 0 Å². The van der Waals surface area contributed by atoms with E-state index < -0.39 is 24.3 Å². The summed E-state index contributed by atoms with van der Waals surface area (Å²) in [6, 6.07) is 13.5. The second kappa shape index (κ2) is 14.0. The van der Waals surface area contributed by atoms with Gasteiger partial charge in [0, 0.05) is 45.5 Å². The minimum Gasteiger partial charge on any atom is -0.475 e. The Kier molecular flexibility index (Phi) is 11.0. The number of likely N-dealkylation sites (N-methyl/N-ethyl adjacent to an activating group) is 1. The van der Waals surface area contributed by atoms with Crippen molar-refractivity contribution in [3.63, 3.8) is 0 Å². The number of halogens is 7. The Labute approximate surface area is 241 Å². The Morgan fingerprint density at radius 2 is 1.44 bits per heavy atom. The van der Waals surface area contributed by atoms with Crippen LogP contribution >= 0.6 is 0 Å². The summed E-state index contributed by atoms with van der Waals surface area (Å²) in [6.45, 7) is 6.03. The summed E-state index contributed by atoms with van der Waals surface area (Å²) in [4.78, 5) is 30.1. The molecule has 16 heteroatoms. The van der Waals surface area contributed by atoms with Crippen LogP contribution in [0.3, 0.4) is 0 Å². The number of benzene rings is 1. The lowest BCUT2D eigenvalue weighted by molar-refractivity contribution is -0.193. The summed E-state index contributed by atoms with van der Waals surface area (Å²) < 4.78 is 78.9. The van der Waals surface area contributed by atoms with Crippen molar-refractivity contribution in [2.24, 2.45) is 0 Å². The summed E-state index contributed by atoms with van der Waals surface area (Å²) >= 11 is 0. The van der Waals surface area contributed by atoms with Gasteiger partial charge in [0.05, 0.1) is 11.7 Å². The zero-order valence-electron chi connectivity index (χ0n) is 22.9. The molecule has 43 heavy (non-hydrogen) atoms. The topological polar surface area (TPSA) is 102 Å². The average Bonchev–Trinajstić information content (AvgIpc) is 3.61. The van der Waals surface area contributed by atoms with Crippen LogP contribution in [0.5, 0.6) is 0 Å². The second-order valence-corrected chi connectivity index (χ2v) is 9.94. The van der Waals surface area contributed by atoms with Crippen LogP contribution in [0.1, 0.15) is 30.1 Å². The van der Waals surface area contributed by atoms with Gasteiger partial charge in [0.1, 0.15) is 17.3 Å². The van der Waals surface area contributed by atoms with Gasteiger partial charge in [-0.25, -0.2) is 19.0 Å². The minimum atomic E-state index is -5.08. The molecule has 9 nitrogen and oxygen atoms in total. The van der Waals surface area contributed by atoms with E-state index in [-0.39, 0.29) is 11.9 Å². The molecule has 1 unspecified atom stereocenters. The van der Waals surface area contributed by atoms with Crippen molar-refractivity contribution in [2.45, 2.75) is 37.8 Å². The third-order valence-corrected chi connectivity index (χ3v) is 6.80. The van der Waals surface area contributed by atoms with Gasteiger partial charge in [0.15, 0.2) is 0 Å². The Morgan fingerprint density at radius 3 is 1.98 bits per heavy atom. The molecule has 4 heterocycles. The lowest BCUT2D eigenvalue weighted by atomic mass is 10.1. The molecule has 2 aliphatic heterocycles. The van der Waals surface area contributed by atoms with E-state index in [9.17, 15) is 30.7 Å². The average molecular weight is 622 g/mol. The van der Waals surface area contributed by atoms with E-state index in [1.807, 2.05) is 12.1 Å². The molecule has 2 saturated heterocycles. The molecule has 0 spiro atoms. The number of rotatable bonds is 4. The van der Waals surface area contributed by atoms with Crippen molar-refractivity contribution >= 4 is 23.4 Å². The first-order chi connectivity index (χ1) is 20.1. The molecule has 1 aromatic carbocycles. The number of imidazole rings is 1. The van der Waals surface area contributed by atoms with Gasteiger partial charge in [-0.3, -0.25) is 14.2 Å². The maximum Gasteiger partial charge on any atom is 0.490 e. The summed E-state index contributed by atoms with van der Waals surface area (Å²) in [5.74, 6) is -4.44. The number of alkyl halides is 6. The number of carboxylic acid groups (broad SMARTS) is 2. The molecule has 5 rings (SSSR count). The molecule has 2 aromatic heterocycles. The number of nitrogens with zero attached hydrogens (tertiary/aromatic N) is 5. The van der Waals surface area contributed by atoms with Crippen LogP contribution in [-0.4, -0.2) is 93.5 Å². The maximum atomic E-state index is 13.2. The third-order valence-electron chi connectivity index (χ3n) is 6.80. The highest BCUT2D eigenvalue weighted by molar-refractivity contribution is 5.73. The number of hydrogen-bond donors (Lipinski definition) is 2. The number of aliphatic carboxylic acids is 2. The van der Waals surface area contributed by atoms with E-state index in [4.69, 9.17) is 24.8 Å². The Hall–Kier alpha value is -3.92. The largest absolute Gasteiger partial charge is 0.490 e. The first kappa shape index (κ1) is 33.6. The van der Waals surface area contributed by atoms with Crippen molar-refractivity contribution < 1.29 is 50.5 Å². The number of fused-ring (bicyclic) bond motifs is 1. The van der Waals surface area contributed by atoms with Crippen LogP contribution in [0.15, 0.2) is 48.7 Å². The summed E-state index contributed by atoms with van der Waals surface area (Å²) in [6.07, 6.45) is -5.41. The quantitative estimate of drug-likeness (QED) is 0.400. The van der Waals surface area contributed by atoms with E-state index in [1.54, 1.807) is 12.1 Å². The number of pyridine rings is 1. The molecule has 1 atom stereocenters. The number of carbonyl (C=O) groups is 2. The van der Waals surface area contributed by atoms with Gasteiger partial charge in [-0.15, -0.1) is 0 Å². The van der Waals surface area contributed by atoms with Gasteiger partial charge < -0.3 is 15.1 Å². The van der Waals surface area contributed by atoms with E-state index in [0.717, 1.165) is 56.2 Å². The van der Waals surface area contributed by atoms with Crippen LogP contribution < -0.4 is 4.90 Å². The first-order valence-corrected chi connectivity index (χ1v) is 13.1. The van der Waals surface area contributed by atoms with E-state index in [1.165, 1.54) is 18.7 Å². The van der Waals surface area contributed by atoms with Crippen LogP contribution in [0.25, 0.3) is 5.65 Å². The smallest absolute Gasteiger partial charge is 0.475 e. The molecule has 2 N–H and O–H groups in total. The van der Waals surface area contributed by atoms with Crippen molar-refractivity contribution in [3.8, 4) is 0 Å². The first-order valence-electron chi connectivity index (χ1n) is 13.1. The molecule has 0 saturated carbocycles. The summed E-state index contributed by atoms with van der Waals surface area (Å²) in [5.41, 5.74) is 3.30. The highest BCUT2D eigenvalue weighted by atomic mass is 19.4. The zero-order chi connectivity index (χ0) is 31.9. The molecule has 0 amide bonds. The molecule has 236 valence electrons. The van der Waals surface area contributed by atoms with Gasteiger partial charge in [-0.2, -0.15) is 26.3 Å². The molecule has 0 aliphatic carbocycles. The standard InChI is InChI=1S/C23H28FN5.2C2HF3O2/c1-26-13-14-27(15-18-7-9-19(24)10-8-18)17-21(26)20-16-29-22(25-20)5-4-6-23(29)28-11-2-3-12-28;2*3-2(4,5)1(6)7/h4-10,16,21H,2-3,11-15,17H2,1H3;2*(H,6,7). The van der Waals surface area contributed by atoms with E-state index in [0.29, 0.717) is 0 Å². The fourth-order valence-corrected chi connectivity index (χ4v) is 4.62. The second-order valence-electron chi connectivity index (χ2n) is 9.94. The van der Waals surface area contributed by atoms with Crippen LogP contribution in [0.4, 0.5) is 36.6 Å². The van der Waals surface area contributed by atoms with Crippen LogP contribution in [-0.2, 0) is 16.1 Å². The number of piperazine rings is 1. The highest BCUT2D eigenvalue weighted by Crippen LogP contribution is 2.28. The normalized spacial score (nSPS) is 18.0. The highest BCUT2D eigenvalue weighted by Gasteiger charge is 2.39. The van der Waals surface area contributed by atoms with Crippen LogP contribution in [0, 0.1) is 5.82 Å². The fourth-order valence-electron chi connectivity index (χ4n) is 4.62. The van der Waals surface area contributed by atoms with E-state index >= 15 is 0 Å². The Bertz CT molecular complexity index is 1350. The predicted molar refractivity (Wildman–Crippen MR) is 141 cm³/mol. The Morgan fingerprint density at radius 1 is 0.884 bits per heavy atom. The molecule has 3 aromatic rings. The molecule has 2 fully saturated rings. The molecule has 0 bridgehead atoms. The monoisotopic (exact) mass is 621 g/mol. The van der Waals surface area contributed by atoms with Gasteiger partial charge in [-0.1, -0.05) is 18.2 Å². The zero-order valence-corrected chi connectivity index (χ0v) is 22.9. The third kappa shape index (κ3) is 9.54. The van der Waals surface area contributed by atoms with E-state index in [2.05, 4.69) is 50.5 Å². The predicted octanol–water partition coefficient (Wildman–Crippen LogP) is 4.83. The summed E-state index contributed by atoms with van der Waals surface area (Å²) in [5, 5.41) is 14.2. The van der Waals surface area contributed by atoms with Gasteiger partial charge in [0.25, 0.3) is 0 Å². The number of anilines is 1. The summed E-state index contributed by atoms with van der Waals surface area (Å²) in [7, 11) is 2.19. The molecule has 0 radical (unpaired) electrons. The van der Waals surface area contributed by atoms with Gasteiger partial charge >= 0.3 is 24.3 Å². The van der Waals surface area contributed by atoms with Crippen molar-refractivity contribution in [3.05, 3.63) is 65.7 Å². The number of hydrogen-bond acceptors (Lipinski definition) is 6. The van der Waals surface area contributed by atoms with Gasteiger partial charge in [-0.05, 0) is 49.7 Å². The minimum absolute atomic E-state index is 0.177. The van der Waals surface area contributed by atoms with Crippen molar-refractivity contribution in [1.82, 2.24) is 19.2 Å². The number of carboxylic acids is 2. The Balaban J connectivity index is 0.000000303. The maximum absolute atomic E-state index is 13.2.